The molecule has 2 atom stereocenters. The van der Waals surface area contributed by atoms with Gasteiger partial charge in [0.05, 0.1) is 7.11 Å². The molecule has 1 aliphatic carbocycles. The van der Waals surface area contributed by atoms with Gasteiger partial charge in [0.1, 0.15) is 17.7 Å². The molecule has 2 aliphatic heterocycles. The molecule has 0 aromatic rings. The van der Waals surface area contributed by atoms with Crippen LogP contribution in [0.1, 0.15) is 84.5 Å². The third-order valence-corrected chi connectivity index (χ3v) is 8.03. The molecule has 3 fully saturated rings. The SMILES string of the molecule is COC(=O)N1CCC(OC(=O)NC2(C(=O)N[C@H](CC(=O)N[C@H]3CCCCNC3=O)C(C)C)CCCCC2)CC1. The summed E-state index contributed by atoms with van der Waals surface area (Å²) in [6.07, 6.45) is 5.43. The van der Waals surface area contributed by atoms with Gasteiger partial charge < -0.3 is 35.6 Å². The maximum Gasteiger partial charge on any atom is 0.409 e. The van der Waals surface area contributed by atoms with Gasteiger partial charge in [0, 0.05) is 44.9 Å². The smallest absolute Gasteiger partial charge is 0.409 e. The Morgan fingerprint density at radius 1 is 1.03 bits per heavy atom. The minimum atomic E-state index is -1.12. The first-order valence-corrected chi connectivity index (χ1v) is 14.3. The minimum absolute atomic E-state index is 0.0342. The normalized spacial score (nSPS) is 22.6. The lowest BCUT2D eigenvalue weighted by molar-refractivity contribution is -0.132. The molecule has 220 valence electrons. The van der Waals surface area contributed by atoms with E-state index < -0.39 is 29.8 Å². The average Bonchev–Trinajstić information content (AvgIpc) is 3.12. The molecule has 12 nitrogen and oxygen atoms in total. The number of amides is 5. The molecule has 0 bridgehead atoms. The Labute approximate surface area is 230 Å². The van der Waals surface area contributed by atoms with E-state index in [0.29, 0.717) is 51.7 Å². The number of hydrogen-bond donors (Lipinski definition) is 4. The average molecular weight is 552 g/mol. The number of rotatable bonds is 8. The van der Waals surface area contributed by atoms with E-state index >= 15 is 0 Å². The predicted molar refractivity (Wildman–Crippen MR) is 143 cm³/mol. The van der Waals surface area contributed by atoms with Crippen LogP contribution in [0.2, 0.25) is 0 Å². The number of ether oxygens (including phenoxy) is 2. The lowest BCUT2D eigenvalue weighted by Gasteiger charge is -2.38. The number of hydrogen-bond acceptors (Lipinski definition) is 7. The van der Waals surface area contributed by atoms with Gasteiger partial charge in [0.15, 0.2) is 0 Å². The number of piperidine rings is 1. The zero-order valence-electron chi connectivity index (χ0n) is 23.5. The molecule has 0 aromatic carbocycles. The molecule has 39 heavy (non-hydrogen) atoms. The molecule has 3 rings (SSSR count). The summed E-state index contributed by atoms with van der Waals surface area (Å²) in [7, 11) is 1.33. The second-order valence-electron chi connectivity index (χ2n) is 11.3. The van der Waals surface area contributed by atoms with Gasteiger partial charge in [0.25, 0.3) is 0 Å². The summed E-state index contributed by atoms with van der Waals surface area (Å²) in [5.74, 6) is -0.834. The van der Waals surface area contributed by atoms with Crippen molar-refractivity contribution in [1.29, 1.82) is 0 Å². The van der Waals surface area contributed by atoms with Crippen molar-refractivity contribution in [3.05, 3.63) is 0 Å². The fourth-order valence-electron chi connectivity index (χ4n) is 5.52. The highest BCUT2D eigenvalue weighted by Crippen LogP contribution is 2.29. The van der Waals surface area contributed by atoms with Crippen molar-refractivity contribution in [3.8, 4) is 0 Å². The summed E-state index contributed by atoms with van der Waals surface area (Å²) in [5, 5.41) is 11.5. The fraction of sp³-hybridized carbons (Fsp3) is 0.815. The van der Waals surface area contributed by atoms with Crippen LogP contribution in [0.25, 0.3) is 0 Å². The first-order chi connectivity index (χ1) is 18.6. The highest BCUT2D eigenvalue weighted by molar-refractivity contribution is 5.91. The summed E-state index contributed by atoms with van der Waals surface area (Å²) in [6, 6.07) is -1.03. The van der Waals surface area contributed by atoms with E-state index in [1.54, 1.807) is 4.90 Å². The molecule has 1 saturated carbocycles. The van der Waals surface area contributed by atoms with Crippen molar-refractivity contribution in [2.75, 3.05) is 26.7 Å². The maximum absolute atomic E-state index is 13.6. The zero-order valence-corrected chi connectivity index (χ0v) is 23.5. The second kappa shape index (κ2) is 14.4. The van der Waals surface area contributed by atoms with Crippen LogP contribution in [0.15, 0.2) is 0 Å². The van der Waals surface area contributed by atoms with Crippen LogP contribution in [-0.2, 0) is 23.9 Å². The van der Waals surface area contributed by atoms with E-state index in [2.05, 4.69) is 21.3 Å². The van der Waals surface area contributed by atoms with Crippen LogP contribution in [-0.4, -0.2) is 85.3 Å². The fourth-order valence-corrected chi connectivity index (χ4v) is 5.52. The molecule has 3 aliphatic rings. The van der Waals surface area contributed by atoms with Gasteiger partial charge in [-0.15, -0.1) is 0 Å². The van der Waals surface area contributed by atoms with Gasteiger partial charge in [0.2, 0.25) is 17.7 Å². The van der Waals surface area contributed by atoms with Crippen LogP contribution >= 0.6 is 0 Å². The Kier molecular flexibility index (Phi) is 11.2. The minimum Gasteiger partial charge on any atom is -0.453 e. The van der Waals surface area contributed by atoms with Crippen LogP contribution in [0.4, 0.5) is 9.59 Å². The van der Waals surface area contributed by atoms with E-state index in [1.807, 2.05) is 13.8 Å². The lowest BCUT2D eigenvalue weighted by Crippen LogP contribution is -2.62. The molecule has 0 unspecified atom stereocenters. The monoisotopic (exact) mass is 551 g/mol. The van der Waals surface area contributed by atoms with Crippen molar-refractivity contribution in [2.45, 2.75) is 108 Å². The second-order valence-corrected chi connectivity index (χ2v) is 11.3. The summed E-state index contributed by atoms with van der Waals surface area (Å²) < 4.78 is 10.4. The molecule has 5 amide bonds. The van der Waals surface area contributed by atoms with Crippen molar-refractivity contribution in [2.24, 2.45) is 5.92 Å². The molecule has 0 radical (unpaired) electrons. The number of methoxy groups -OCH3 is 1. The van der Waals surface area contributed by atoms with Gasteiger partial charge in [-0.3, -0.25) is 14.4 Å². The van der Waals surface area contributed by atoms with Gasteiger partial charge >= 0.3 is 12.2 Å². The maximum atomic E-state index is 13.6. The van der Waals surface area contributed by atoms with E-state index in [1.165, 1.54) is 7.11 Å². The molecule has 0 spiro atoms. The van der Waals surface area contributed by atoms with Gasteiger partial charge in [-0.2, -0.15) is 0 Å². The Morgan fingerprint density at radius 2 is 1.72 bits per heavy atom. The van der Waals surface area contributed by atoms with Crippen molar-refractivity contribution >= 4 is 29.9 Å². The highest BCUT2D eigenvalue weighted by Gasteiger charge is 2.43. The quantitative estimate of drug-likeness (QED) is 0.359. The number of alkyl carbamates (subject to hydrolysis) is 1. The Balaban J connectivity index is 1.58. The molecule has 12 heteroatoms. The molecule has 2 saturated heterocycles. The lowest BCUT2D eigenvalue weighted by atomic mass is 9.80. The number of nitrogens with zero attached hydrogens (tertiary/aromatic N) is 1. The molecular weight excluding hydrogens is 506 g/mol. The van der Waals surface area contributed by atoms with Gasteiger partial charge in [-0.05, 0) is 38.0 Å². The van der Waals surface area contributed by atoms with Crippen LogP contribution in [0, 0.1) is 5.92 Å². The largest absolute Gasteiger partial charge is 0.453 e. The summed E-state index contributed by atoms with van der Waals surface area (Å²) >= 11 is 0. The third-order valence-electron chi connectivity index (χ3n) is 8.03. The first-order valence-electron chi connectivity index (χ1n) is 14.3. The summed E-state index contributed by atoms with van der Waals surface area (Å²) in [6.45, 7) is 5.31. The number of likely N-dealkylation sites (tertiary alicyclic amines) is 1. The van der Waals surface area contributed by atoms with E-state index in [0.717, 1.165) is 32.1 Å². The van der Waals surface area contributed by atoms with Crippen LogP contribution < -0.4 is 21.3 Å². The molecule has 0 aromatic heterocycles. The number of carbonyl (C=O) groups is 5. The summed E-state index contributed by atoms with van der Waals surface area (Å²) in [4.78, 5) is 64.9. The van der Waals surface area contributed by atoms with Crippen LogP contribution in [0.5, 0.6) is 0 Å². The third kappa shape index (κ3) is 8.72. The predicted octanol–water partition coefficient (Wildman–Crippen LogP) is 1.96. The van der Waals surface area contributed by atoms with Gasteiger partial charge in [-0.25, -0.2) is 9.59 Å². The van der Waals surface area contributed by atoms with Crippen molar-refractivity contribution in [3.63, 3.8) is 0 Å². The topological polar surface area (TPSA) is 155 Å². The number of nitrogens with one attached hydrogen (secondary N) is 4. The highest BCUT2D eigenvalue weighted by atomic mass is 16.6. The summed E-state index contributed by atoms with van der Waals surface area (Å²) in [5.41, 5.74) is -1.12. The molecule has 4 N–H and O–H groups in total. The van der Waals surface area contributed by atoms with Crippen molar-refractivity contribution < 1.29 is 33.4 Å². The van der Waals surface area contributed by atoms with E-state index in [-0.39, 0.29) is 36.2 Å². The first kappa shape index (κ1) is 30.5. The van der Waals surface area contributed by atoms with E-state index in [4.69, 9.17) is 9.47 Å². The Morgan fingerprint density at radius 3 is 2.36 bits per heavy atom. The standard InChI is InChI=1S/C27H45N5O7/c1-18(2)21(17-22(33)29-20-9-5-8-14-28-23(20)34)30-24(35)27(12-6-4-7-13-27)31-25(36)39-19-10-15-32(16-11-19)26(37)38-3/h18-21H,4-17H2,1-3H3,(H,28,34)(H,29,33)(H,30,35)(H,31,36)/t20-,21+/m0/s1. The Hall–Kier alpha value is -3.05. The van der Waals surface area contributed by atoms with Crippen molar-refractivity contribution in [1.82, 2.24) is 26.2 Å². The van der Waals surface area contributed by atoms with Gasteiger partial charge in [-0.1, -0.05) is 33.1 Å². The van der Waals surface area contributed by atoms with Crippen LogP contribution in [0.3, 0.4) is 0 Å². The zero-order chi connectivity index (χ0) is 28.4. The molecule has 2 heterocycles. The number of carbonyl (C=O) groups excluding carboxylic acids is 5. The Bertz CT molecular complexity index is 882. The molecular formula is C27H45N5O7. The van der Waals surface area contributed by atoms with E-state index in [9.17, 15) is 24.0 Å².